The molecule has 1 N–H and O–H groups in total. The van der Waals surface area contributed by atoms with Gasteiger partial charge in [-0.1, -0.05) is 0 Å². The molecule has 0 spiro atoms. The van der Waals surface area contributed by atoms with E-state index >= 15 is 0 Å². The number of β-amino-alcohol motifs (C(OH)–C–C–N with tert-alkyl or cyclic N) is 1. The highest BCUT2D eigenvalue weighted by atomic mass is 32.2. The molecular weight excluding hydrogens is 215 g/mol. The van der Waals surface area contributed by atoms with E-state index < -0.39 is 11.1 Å². The second-order valence-corrected chi connectivity index (χ2v) is 4.98. The number of thioether (sulfide) groups is 1. The van der Waals surface area contributed by atoms with Gasteiger partial charge >= 0.3 is 5.51 Å². The minimum absolute atomic E-state index is 0.00274. The molecule has 0 aromatic carbocycles. The van der Waals surface area contributed by atoms with Gasteiger partial charge in [0.1, 0.15) is 0 Å². The molecule has 1 aliphatic heterocycles. The maximum Gasteiger partial charge on any atom is 0.441 e. The summed E-state index contributed by atoms with van der Waals surface area (Å²) in [5, 5.41) is 9.55. The predicted octanol–water partition coefficient (Wildman–Crippen LogP) is 1.70. The van der Waals surface area contributed by atoms with Crippen molar-refractivity contribution in [1.82, 2.24) is 4.90 Å². The van der Waals surface area contributed by atoms with E-state index in [4.69, 9.17) is 0 Å². The Morgan fingerprint density at radius 2 is 2.14 bits per heavy atom. The average molecular weight is 229 g/mol. The van der Waals surface area contributed by atoms with Crippen molar-refractivity contribution in [2.75, 3.05) is 25.4 Å². The number of aliphatic hydroxyl groups is 1. The standard InChI is InChI=1S/C8H14F3NOS/c1-7(13)2-3-12(6-7)4-5-14-8(9,10)11/h13H,2-6H2,1H3. The minimum Gasteiger partial charge on any atom is -0.389 e. The summed E-state index contributed by atoms with van der Waals surface area (Å²) in [7, 11) is 0. The van der Waals surface area contributed by atoms with Gasteiger partial charge in [-0.25, -0.2) is 0 Å². The van der Waals surface area contributed by atoms with Crippen LogP contribution in [0.2, 0.25) is 0 Å². The lowest BCUT2D eigenvalue weighted by molar-refractivity contribution is -0.0328. The van der Waals surface area contributed by atoms with Crippen LogP contribution in [0.15, 0.2) is 0 Å². The summed E-state index contributed by atoms with van der Waals surface area (Å²) in [5.74, 6) is 0.0413. The van der Waals surface area contributed by atoms with Gasteiger partial charge in [0, 0.05) is 25.4 Å². The Kier molecular flexibility index (Phi) is 3.71. The number of halogens is 3. The van der Waals surface area contributed by atoms with Crippen LogP contribution in [0.3, 0.4) is 0 Å². The van der Waals surface area contributed by atoms with Crippen LogP contribution in [0.1, 0.15) is 13.3 Å². The third-order valence-corrected chi connectivity index (χ3v) is 2.92. The molecule has 1 aliphatic rings. The topological polar surface area (TPSA) is 23.5 Å². The highest BCUT2D eigenvalue weighted by molar-refractivity contribution is 8.00. The van der Waals surface area contributed by atoms with Crippen molar-refractivity contribution in [3.05, 3.63) is 0 Å². The third-order valence-electron chi connectivity index (χ3n) is 2.20. The van der Waals surface area contributed by atoms with Crippen LogP contribution < -0.4 is 0 Å². The number of hydrogen-bond donors (Lipinski definition) is 1. The summed E-state index contributed by atoms with van der Waals surface area (Å²) >= 11 is -0.00274. The largest absolute Gasteiger partial charge is 0.441 e. The molecule has 0 bridgehead atoms. The van der Waals surface area contributed by atoms with Crippen molar-refractivity contribution in [2.24, 2.45) is 0 Å². The zero-order chi connectivity index (χ0) is 10.8. The first-order valence-electron chi connectivity index (χ1n) is 4.44. The molecule has 1 atom stereocenters. The highest BCUT2D eigenvalue weighted by Crippen LogP contribution is 2.30. The number of nitrogens with zero attached hydrogens (tertiary/aromatic N) is 1. The molecule has 0 saturated carbocycles. The normalized spacial score (nSPS) is 29.8. The SMILES string of the molecule is CC1(O)CCN(CCSC(F)(F)F)C1. The Labute approximate surface area is 85.5 Å². The van der Waals surface area contributed by atoms with E-state index in [1.165, 1.54) is 0 Å². The minimum atomic E-state index is -4.14. The second-order valence-electron chi connectivity index (χ2n) is 3.82. The Bertz CT molecular complexity index is 196. The van der Waals surface area contributed by atoms with Gasteiger partial charge in [0.15, 0.2) is 0 Å². The summed E-state index contributed by atoms with van der Waals surface area (Å²) in [5.41, 5.74) is -4.86. The van der Waals surface area contributed by atoms with Gasteiger partial charge in [-0.3, -0.25) is 4.90 Å². The van der Waals surface area contributed by atoms with Crippen LogP contribution >= 0.6 is 11.8 Å². The van der Waals surface area contributed by atoms with Crippen LogP contribution in [0, 0.1) is 0 Å². The van der Waals surface area contributed by atoms with Crippen molar-refractivity contribution in [1.29, 1.82) is 0 Å². The molecule has 84 valence electrons. The van der Waals surface area contributed by atoms with Gasteiger partial charge in [-0.15, -0.1) is 0 Å². The first kappa shape index (κ1) is 12.1. The summed E-state index contributed by atoms with van der Waals surface area (Å²) < 4.78 is 35.3. The number of hydrogen-bond acceptors (Lipinski definition) is 3. The van der Waals surface area contributed by atoms with Crippen molar-refractivity contribution in [3.8, 4) is 0 Å². The molecule has 0 aromatic heterocycles. The van der Waals surface area contributed by atoms with Crippen LogP contribution in [-0.2, 0) is 0 Å². The fourth-order valence-electron chi connectivity index (χ4n) is 1.52. The van der Waals surface area contributed by atoms with E-state index in [0.29, 0.717) is 26.1 Å². The molecule has 6 heteroatoms. The maximum atomic E-state index is 11.8. The molecule has 0 amide bonds. The third kappa shape index (κ3) is 4.52. The number of rotatable bonds is 3. The molecule has 14 heavy (non-hydrogen) atoms. The van der Waals surface area contributed by atoms with Crippen LogP contribution in [0.5, 0.6) is 0 Å². The van der Waals surface area contributed by atoms with Crippen molar-refractivity contribution in [2.45, 2.75) is 24.5 Å². The molecule has 0 radical (unpaired) electrons. The lowest BCUT2D eigenvalue weighted by Crippen LogP contribution is -2.31. The first-order chi connectivity index (χ1) is 6.29. The Balaban J connectivity index is 2.15. The average Bonchev–Trinajstić information content (AvgIpc) is 2.27. The van der Waals surface area contributed by atoms with Gasteiger partial charge in [0.05, 0.1) is 5.60 Å². The molecule has 2 nitrogen and oxygen atoms in total. The molecule has 0 aromatic rings. The van der Waals surface area contributed by atoms with Gasteiger partial charge in [-0.2, -0.15) is 13.2 Å². The highest BCUT2D eigenvalue weighted by Gasteiger charge is 2.32. The zero-order valence-electron chi connectivity index (χ0n) is 7.97. The summed E-state index contributed by atoms with van der Waals surface area (Å²) in [6.07, 6.45) is 0.643. The molecule has 1 heterocycles. The number of likely N-dealkylation sites (tertiary alicyclic amines) is 1. The second kappa shape index (κ2) is 4.28. The van der Waals surface area contributed by atoms with Gasteiger partial charge in [-0.05, 0) is 25.1 Å². The Morgan fingerprint density at radius 1 is 1.50 bits per heavy atom. The van der Waals surface area contributed by atoms with Gasteiger partial charge in [0.25, 0.3) is 0 Å². The molecule has 0 aliphatic carbocycles. The molecule has 1 unspecified atom stereocenters. The first-order valence-corrected chi connectivity index (χ1v) is 5.42. The predicted molar refractivity (Wildman–Crippen MR) is 50.2 cm³/mol. The lowest BCUT2D eigenvalue weighted by atomic mass is 10.1. The van der Waals surface area contributed by atoms with Gasteiger partial charge in [0.2, 0.25) is 0 Å². The Hall–Kier alpha value is 0.0600. The van der Waals surface area contributed by atoms with E-state index in [0.717, 1.165) is 0 Å². The maximum absolute atomic E-state index is 11.8. The van der Waals surface area contributed by atoms with Crippen LogP contribution in [-0.4, -0.2) is 46.5 Å². The van der Waals surface area contributed by atoms with Gasteiger partial charge < -0.3 is 5.11 Å². The molecule has 1 saturated heterocycles. The number of alkyl halides is 3. The van der Waals surface area contributed by atoms with E-state index in [1.54, 1.807) is 6.92 Å². The fourth-order valence-corrected chi connectivity index (χ4v) is 2.10. The van der Waals surface area contributed by atoms with E-state index in [-0.39, 0.29) is 17.5 Å². The summed E-state index contributed by atoms with van der Waals surface area (Å²) in [6, 6.07) is 0. The quantitative estimate of drug-likeness (QED) is 0.796. The van der Waals surface area contributed by atoms with Crippen LogP contribution in [0.4, 0.5) is 13.2 Å². The van der Waals surface area contributed by atoms with E-state index in [2.05, 4.69) is 0 Å². The van der Waals surface area contributed by atoms with E-state index in [1.807, 2.05) is 4.90 Å². The zero-order valence-corrected chi connectivity index (χ0v) is 8.79. The fraction of sp³-hybridized carbons (Fsp3) is 1.00. The monoisotopic (exact) mass is 229 g/mol. The Morgan fingerprint density at radius 3 is 2.57 bits per heavy atom. The van der Waals surface area contributed by atoms with Crippen molar-refractivity contribution in [3.63, 3.8) is 0 Å². The molecule has 1 fully saturated rings. The van der Waals surface area contributed by atoms with Crippen LogP contribution in [0.25, 0.3) is 0 Å². The lowest BCUT2D eigenvalue weighted by Gasteiger charge is -2.18. The summed E-state index contributed by atoms with van der Waals surface area (Å²) in [4.78, 5) is 1.86. The van der Waals surface area contributed by atoms with Crippen molar-refractivity contribution >= 4 is 11.8 Å². The molecular formula is C8H14F3NOS. The van der Waals surface area contributed by atoms with E-state index in [9.17, 15) is 18.3 Å². The van der Waals surface area contributed by atoms with Crippen molar-refractivity contribution < 1.29 is 18.3 Å². The molecule has 1 rings (SSSR count). The smallest absolute Gasteiger partial charge is 0.389 e. The summed E-state index contributed by atoms with van der Waals surface area (Å²) in [6.45, 7) is 3.26.